The minimum absolute atomic E-state index is 0.245. The molecule has 0 aliphatic carbocycles. The van der Waals surface area contributed by atoms with Gasteiger partial charge in [0.1, 0.15) is 17.3 Å². The van der Waals surface area contributed by atoms with Crippen LogP contribution < -0.4 is 10.6 Å². The van der Waals surface area contributed by atoms with Gasteiger partial charge in [0.05, 0.1) is 17.8 Å². The monoisotopic (exact) mass is 460 g/mol. The number of aryl methyl sites for hydroxylation is 1. The molecule has 2 amide bonds. The topological polar surface area (TPSA) is 105 Å². The molecule has 176 valence electrons. The Balaban J connectivity index is 1.90. The van der Waals surface area contributed by atoms with Crippen LogP contribution in [-0.2, 0) is 9.53 Å². The van der Waals surface area contributed by atoms with Crippen LogP contribution in [0.2, 0.25) is 0 Å². The summed E-state index contributed by atoms with van der Waals surface area (Å²) < 4.78 is 33.7. The van der Waals surface area contributed by atoms with Gasteiger partial charge in [0.2, 0.25) is 5.91 Å². The fourth-order valence-electron chi connectivity index (χ4n) is 3.21. The third kappa shape index (κ3) is 5.83. The molecule has 0 fully saturated rings. The number of hydrogen-bond acceptors (Lipinski definition) is 5. The first-order chi connectivity index (χ1) is 15.5. The maximum absolute atomic E-state index is 13.6. The van der Waals surface area contributed by atoms with Gasteiger partial charge in [-0.15, -0.1) is 0 Å². The van der Waals surface area contributed by atoms with E-state index in [0.29, 0.717) is 11.2 Å². The lowest BCUT2D eigenvalue weighted by molar-refractivity contribution is -0.119. The van der Waals surface area contributed by atoms with Crippen LogP contribution in [0.25, 0.3) is 16.6 Å². The molecule has 0 spiro atoms. The van der Waals surface area contributed by atoms with Crippen LogP contribution in [0, 0.1) is 6.92 Å². The highest BCUT2D eigenvalue weighted by atomic mass is 19.3. The van der Waals surface area contributed by atoms with Gasteiger partial charge in [0, 0.05) is 11.1 Å². The normalized spacial score (nSPS) is 12.6. The van der Waals surface area contributed by atoms with E-state index >= 15 is 0 Å². The van der Waals surface area contributed by atoms with Gasteiger partial charge in [-0.25, -0.2) is 18.3 Å². The number of alkyl carbamates (subject to hydrolysis) is 1. The number of carbonyl (C=O) groups excluding carboxylic acids is 2. The number of aliphatic hydroxyl groups is 1. The van der Waals surface area contributed by atoms with Crippen molar-refractivity contribution in [3.63, 3.8) is 0 Å². The Morgan fingerprint density at radius 1 is 1.18 bits per heavy atom. The molecule has 33 heavy (non-hydrogen) atoms. The van der Waals surface area contributed by atoms with Crippen molar-refractivity contribution in [2.75, 3.05) is 11.9 Å². The first kappa shape index (κ1) is 24.1. The molecule has 3 aromatic rings. The summed E-state index contributed by atoms with van der Waals surface area (Å²) in [6.45, 7) is 6.22. The van der Waals surface area contributed by atoms with Crippen molar-refractivity contribution in [3.8, 4) is 5.69 Å². The lowest BCUT2D eigenvalue weighted by atomic mass is 10.1. The van der Waals surface area contributed by atoms with Crippen molar-refractivity contribution in [2.24, 2.45) is 0 Å². The summed E-state index contributed by atoms with van der Waals surface area (Å²) >= 11 is 0. The number of fused-ring (bicyclic) bond motifs is 1. The Hall–Kier alpha value is -3.53. The number of ether oxygens (including phenoxy) is 1. The summed E-state index contributed by atoms with van der Waals surface area (Å²) in [5.41, 5.74) is 1.03. The quantitative estimate of drug-likeness (QED) is 0.514. The Morgan fingerprint density at radius 2 is 1.91 bits per heavy atom. The zero-order chi connectivity index (χ0) is 24.3. The van der Waals surface area contributed by atoms with Crippen LogP contribution in [0.15, 0.2) is 42.5 Å². The van der Waals surface area contributed by atoms with E-state index in [4.69, 9.17) is 4.74 Å². The molecule has 1 aromatic heterocycles. The van der Waals surface area contributed by atoms with Crippen molar-refractivity contribution in [2.45, 2.75) is 45.8 Å². The standard InChI is InChI=1S/C23H26F2N4O4/c1-13-6-5-7-15(10-13)29-18-11-14(8-9-16(18)19(28-29)20(24)25)26-21(31)17(12-30)27-22(32)33-23(2,3)4/h5-11,17,20,30H,12H2,1-4H3,(H,26,31)(H,27,32)/t17-/m0/s1. The Bertz CT molecular complexity index is 1170. The fourth-order valence-corrected chi connectivity index (χ4v) is 3.21. The predicted octanol–water partition coefficient (Wildman–Crippen LogP) is 4.10. The van der Waals surface area contributed by atoms with Crippen LogP contribution in [0.3, 0.4) is 0 Å². The Labute approximate surface area is 189 Å². The molecule has 0 saturated carbocycles. The maximum Gasteiger partial charge on any atom is 0.408 e. The van der Waals surface area contributed by atoms with Gasteiger partial charge in [0.15, 0.2) is 0 Å². The molecule has 0 unspecified atom stereocenters. The molecule has 2 aromatic carbocycles. The summed E-state index contributed by atoms with van der Waals surface area (Å²) in [5.74, 6) is -0.696. The van der Waals surface area contributed by atoms with Crippen LogP contribution in [0.1, 0.15) is 38.5 Å². The smallest absolute Gasteiger partial charge is 0.408 e. The molecule has 1 atom stereocenters. The van der Waals surface area contributed by atoms with Crippen LogP contribution >= 0.6 is 0 Å². The molecule has 3 rings (SSSR count). The van der Waals surface area contributed by atoms with E-state index in [9.17, 15) is 23.5 Å². The number of amides is 2. The van der Waals surface area contributed by atoms with E-state index in [1.54, 1.807) is 39.0 Å². The van der Waals surface area contributed by atoms with Crippen molar-refractivity contribution in [1.82, 2.24) is 15.1 Å². The summed E-state index contributed by atoms with van der Waals surface area (Å²) in [6.07, 6.45) is -3.64. The highest BCUT2D eigenvalue weighted by Crippen LogP contribution is 2.31. The number of rotatable bonds is 6. The van der Waals surface area contributed by atoms with Gasteiger partial charge in [-0.3, -0.25) is 4.79 Å². The van der Waals surface area contributed by atoms with E-state index in [1.165, 1.54) is 22.9 Å². The zero-order valence-electron chi connectivity index (χ0n) is 18.7. The molecule has 0 aliphatic rings. The number of alkyl halides is 2. The Kier molecular flexibility index (Phi) is 6.97. The third-order valence-corrected chi connectivity index (χ3v) is 4.62. The number of benzene rings is 2. The zero-order valence-corrected chi connectivity index (χ0v) is 18.7. The average Bonchev–Trinajstić information content (AvgIpc) is 3.10. The maximum atomic E-state index is 13.6. The molecule has 8 nitrogen and oxygen atoms in total. The molecule has 10 heteroatoms. The fraction of sp³-hybridized carbons (Fsp3) is 0.348. The first-order valence-electron chi connectivity index (χ1n) is 10.3. The molecule has 0 bridgehead atoms. The highest BCUT2D eigenvalue weighted by Gasteiger charge is 2.25. The van der Waals surface area contributed by atoms with Crippen LogP contribution in [-0.4, -0.2) is 45.1 Å². The van der Waals surface area contributed by atoms with Crippen molar-refractivity contribution in [1.29, 1.82) is 0 Å². The van der Waals surface area contributed by atoms with Gasteiger partial charge in [0.25, 0.3) is 6.43 Å². The second-order valence-corrected chi connectivity index (χ2v) is 8.54. The molecular weight excluding hydrogens is 434 g/mol. The molecular formula is C23H26F2N4O4. The van der Waals surface area contributed by atoms with Gasteiger partial charge >= 0.3 is 6.09 Å². The van der Waals surface area contributed by atoms with Crippen LogP contribution in [0.5, 0.6) is 0 Å². The summed E-state index contributed by atoms with van der Waals surface area (Å²) in [6, 6.07) is 10.4. The number of nitrogens with zero attached hydrogens (tertiary/aromatic N) is 2. The van der Waals surface area contributed by atoms with Gasteiger partial charge in [-0.1, -0.05) is 12.1 Å². The van der Waals surface area contributed by atoms with Crippen molar-refractivity contribution >= 4 is 28.6 Å². The van der Waals surface area contributed by atoms with E-state index < -0.39 is 36.7 Å². The number of carbonyl (C=O) groups is 2. The summed E-state index contributed by atoms with van der Waals surface area (Å²) in [5, 5.41) is 18.8. The van der Waals surface area contributed by atoms with E-state index in [1.807, 2.05) is 13.0 Å². The van der Waals surface area contributed by atoms with Gasteiger partial charge in [-0.2, -0.15) is 5.10 Å². The predicted molar refractivity (Wildman–Crippen MR) is 120 cm³/mol. The molecule has 0 radical (unpaired) electrons. The number of nitrogens with one attached hydrogen (secondary N) is 2. The minimum atomic E-state index is -2.78. The number of halogens is 2. The Morgan fingerprint density at radius 3 is 2.52 bits per heavy atom. The highest BCUT2D eigenvalue weighted by molar-refractivity contribution is 5.98. The first-order valence-corrected chi connectivity index (χ1v) is 10.3. The second-order valence-electron chi connectivity index (χ2n) is 8.54. The summed E-state index contributed by atoms with van der Waals surface area (Å²) in [4.78, 5) is 24.6. The van der Waals surface area contributed by atoms with Gasteiger partial charge in [-0.05, 0) is 63.6 Å². The van der Waals surface area contributed by atoms with Crippen LogP contribution in [0.4, 0.5) is 19.3 Å². The second kappa shape index (κ2) is 9.53. The number of hydrogen-bond donors (Lipinski definition) is 3. The molecule has 0 aliphatic heterocycles. The molecule has 3 N–H and O–H groups in total. The third-order valence-electron chi connectivity index (χ3n) is 4.62. The van der Waals surface area contributed by atoms with E-state index in [-0.39, 0.29) is 16.8 Å². The molecule has 0 saturated heterocycles. The largest absolute Gasteiger partial charge is 0.444 e. The minimum Gasteiger partial charge on any atom is -0.444 e. The van der Waals surface area contributed by atoms with E-state index in [0.717, 1.165) is 5.56 Å². The van der Waals surface area contributed by atoms with Crippen molar-refractivity contribution < 1.29 is 28.2 Å². The van der Waals surface area contributed by atoms with Gasteiger partial charge < -0.3 is 20.5 Å². The lowest BCUT2D eigenvalue weighted by Crippen LogP contribution is -2.47. The average molecular weight is 460 g/mol. The number of aliphatic hydroxyl groups excluding tert-OH is 1. The number of aromatic nitrogens is 2. The summed E-state index contributed by atoms with van der Waals surface area (Å²) in [7, 11) is 0. The number of anilines is 1. The van der Waals surface area contributed by atoms with E-state index in [2.05, 4.69) is 15.7 Å². The lowest BCUT2D eigenvalue weighted by Gasteiger charge is -2.22. The molecule has 1 heterocycles. The SMILES string of the molecule is Cc1cccc(-n2nc(C(F)F)c3ccc(NC(=O)[C@H](CO)NC(=O)OC(C)(C)C)cc32)c1. The van der Waals surface area contributed by atoms with Crippen molar-refractivity contribution in [3.05, 3.63) is 53.7 Å².